The van der Waals surface area contributed by atoms with Crippen LogP contribution in [0, 0.1) is 5.92 Å². The van der Waals surface area contributed by atoms with Crippen molar-refractivity contribution in [3.63, 3.8) is 0 Å². The minimum absolute atomic E-state index is 0.0535. The Morgan fingerprint density at radius 3 is 2.48 bits per heavy atom. The number of amides is 2. The summed E-state index contributed by atoms with van der Waals surface area (Å²) in [6.45, 7) is 2.90. The fourth-order valence-electron chi connectivity index (χ4n) is 4.70. The molecule has 0 radical (unpaired) electrons. The van der Waals surface area contributed by atoms with Crippen LogP contribution in [0.1, 0.15) is 33.6 Å². The van der Waals surface area contributed by atoms with Gasteiger partial charge in [-0.05, 0) is 44.0 Å². The number of carbonyl (C=O) groups excluding carboxylic acids is 2. The van der Waals surface area contributed by atoms with Gasteiger partial charge in [-0.15, -0.1) is 0 Å². The van der Waals surface area contributed by atoms with Crippen molar-refractivity contribution in [2.24, 2.45) is 5.92 Å². The van der Waals surface area contributed by atoms with E-state index in [1.807, 2.05) is 6.07 Å². The zero-order valence-corrected chi connectivity index (χ0v) is 14.4. The maximum atomic E-state index is 13.2. The Bertz CT molecular complexity index is 934. The number of nitrogens with zero attached hydrogens (tertiary/aromatic N) is 2. The second-order valence-electron chi connectivity index (χ2n) is 7.23. The number of carbonyl (C=O) groups is 2. The summed E-state index contributed by atoms with van der Waals surface area (Å²) in [6.07, 6.45) is 2.09. The van der Waals surface area contributed by atoms with Crippen molar-refractivity contribution in [1.82, 2.24) is 9.80 Å². The fraction of sp³-hybridized carbons (Fsp3) is 0.368. The molecule has 25 heavy (non-hydrogen) atoms. The first-order valence-electron chi connectivity index (χ1n) is 8.67. The third-order valence-corrected chi connectivity index (χ3v) is 6.32. The van der Waals surface area contributed by atoms with Crippen LogP contribution in [-0.4, -0.2) is 47.3 Å². The number of hydrogen-bond donors (Lipinski definition) is 1. The van der Waals surface area contributed by atoms with Crippen LogP contribution in [0.2, 0.25) is 5.02 Å². The van der Waals surface area contributed by atoms with Gasteiger partial charge in [0.05, 0.1) is 22.3 Å². The number of nitrogen functional groups attached to an aromatic ring is 1. The molecule has 4 aliphatic heterocycles. The summed E-state index contributed by atoms with van der Waals surface area (Å²) in [6, 6.07) is 6.96. The second kappa shape index (κ2) is 5.19. The van der Waals surface area contributed by atoms with Gasteiger partial charge in [0.15, 0.2) is 0 Å². The summed E-state index contributed by atoms with van der Waals surface area (Å²) in [7, 11) is 0. The molecular formula is C19H18ClN3O2. The van der Waals surface area contributed by atoms with Crippen LogP contribution in [0.5, 0.6) is 0 Å². The molecule has 6 heteroatoms. The zero-order chi connectivity index (χ0) is 17.3. The molecule has 3 saturated heterocycles. The van der Waals surface area contributed by atoms with Crippen LogP contribution < -0.4 is 5.73 Å². The Hall–Kier alpha value is -2.11. The molecule has 128 valence electrons. The van der Waals surface area contributed by atoms with Crippen molar-refractivity contribution in [3.05, 3.63) is 40.4 Å². The van der Waals surface area contributed by atoms with E-state index in [0.717, 1.165) is 32.5 Å². The largest absolute Gasteiger partial charge is 0.397 e. The van der Waals surface area contributed by atoms with E-state index < -0.39 is 0 Å². The smallest absolute Gasteiger partial charge is 0.261 e. The lowest BCUT2D eigenvalue weighted by Crippen LogP contribution is -2.60. The Kier molecular flexibility index (Phi) is 3.15. The first-order valence-corrected chi connectivity index (χ1v) is 9.05. The second-order valence-corrected chi connectivity index (χ2v) is 7.64. The monoisotopic (exact) mass is 355 g/mol. The van der Waals surface area contributed by atoms with Gasteiger partial charge < -0.3 is 10.6 Å². The third-order valence-electron chi connectivity index (χ3n) is 6.00. The fourth-order valence-corrected chi connectivity index (χ4v) is 4.91. The van der Waals surface area contributed by atoms with Crippen LogP contribution in [0.4, 0.5) is 5.69 Å². The summed E-state index contributed by atoms with van der Waals surface area (Å²) in [5.74, 6) is -0.0548. The van der Waals surface area contributed by atoms with Crippen LogP contribution in [-0.2, 0) is 0 Å². The van der Waals surface area contributed by atoms with Gasteiger partial charge in [0.25, 0.3) is 11.8 Å². The van der Waals surface area contributed by atoms with Crippen LogP contribution >= 0.6 is 11.6 Å². The van der Waals surface area contributed by atoms with E-state index >= 15 is 0 Å². The number of piperidine rings is 3. The van der Waals surface area contributed by atoms with Gasteiger partial charge in [0.2, 0.25) is 0 Å². The average molecular weight is 356 g/mol. The van der Waals surface area contributed by atoms with E-state index in [4.69, 9.17) is 17.3 Å². The lowest BCUT2D eigenvalue weighted by atomic mass is 9.81. The van der Waals surface area contributed by atoms with Crippen LogP contribution in [0.3, 0.4) is 0 Å². The Morgan fingerprint density at radius 1 is 1.08 bits per heavy atom. The first-order chi connectivity index (χ1) is 12.1. The Balaban J connectivity index is 1.70. The van der Waals surface area contributed by atoms with E-state index in [9.17, 15) is 9.59 Å². The van der Waals surface area contributed by atoms with Gasteiger partial charge in [-0.3, -0.25) is 14.5 Å². The van der Waals surface area contributed by atoms with Crippen LogP contribution in [0.15, 0.2) is 24.3 Å². The number of benzene rings is 2. The molecule has 5 nitrogen and oxygen atoms in total. The maximum absolute atomic E-state index is 13.2. The van der Waals surface area contributed by atoms with E-state index in [1.54, 1.807) is 18.2 Å². The van der Waals surface area contributed by atoms with Gasteiger partial charge in [0, 0.05) is 22.9 Å². The molecule has 6 rings (SSSR count). The molecular weight excluding hydrogens is 338 g/mol. The molecule has 1 atom stereocenters. The van der Waals surface area contributed by atoms with Crippen molar-refractivity contribution in [1.29, 1.82) is 0 Å². The lowest BCUT2D eigenvalue weighted by Gasteiger charge is -2.49. The average Bonchev–Trinajstić information content (AvgIpc) is 2.64. The maximum Gasteiger partial charge on any atom is 0.261 e. The highest BCUT2D eigenvalue weighted by Gasteiger charge is 2.45. The normalized spacial score (nSPS) is 28.0. The molecule has 3 fully saturated rings. The molecule has 2 aromatic carbocycles. The van der Waals surface area contributed by atoms with Gasteiger partial charge in [0.1, 0.15) is 0 Å². The summed E-state index contributed by atoms with van der Waals surface area (Å²) in [4.78, 5) is 30.3. The minimum atomic E-state index is -0.241. The van der Waals surface area contributed by atoms with Crippen molar-refractivity contribution in [2.45, 2.75) is 18.9 Å². The zero-order valence-electron chi connectivity index (χ0n) is 13.7. The molecule has 4 aliphatic rings. The molecule has 2 N–H and O–H groups in total. The molecule has 0 spiro atoms. The first kappa shape index (κ1) is 15.2. The van der Waals surface area contributed by atoms with Crippen molar-refractivity contribution >= 4 is 39.9 Å². The highest BCUT2D eigenvalue weighted by Crippen LogP contribution is 2.40. The standard InChI is InChI=1S/C19H18ClN3O2/c20-14-8-13-16-11(17(14)21)2-1-3-12(16)18(24)23(19(13)25)15-9-22-6-4-10(15)5-7-22/h1-3,8,10,15H,4-7,9,21H2/t15-/m0/s1. The van der Waals surface area contributed by atoms with Crippen molar-refractivity contribution in [2.75, 3.05) is 25.4 Å². The number of halogens is 1. The van der Waals surface area contributed by atoms with E-state index in [2.05, 4.69) is 4.90 Å². The molecule has 2 amide bonds. The predicted octanol–water partition coefficient (Wildman–Crippen LogP) is 2.77. The predicted molar refractivity (Wildman–Crippen MR) is 96.8 cm³/mol. The molecule has 4 heterocycles. The van der Waals surface area contributed by atoms with Gasteiger partial charge in [-0.1, -0.05) is 23.7 Å². The molecule has 0 saturated carbocycles. The SMILES string of the molecule is Nc1c(Cl)cc2c3c(cccc13)C(=O)N([C@H]1CN3CCC1CC3)C2=O. The summed E-state index contributed by atoms with van der Waals surface area (Å²) < 4.78 is 0. The number of nitrogens with two attached hydrogens (primary N) is 1. The number of imide groups is 1. The Labute approximate surface area is 150 Å². The van der Waals surface area contributed by atoms with E-state index in [1.165, 1.54) is 4.90 Å². The third kappa shape index (κ3) is 1.99. The topological polar surface area (TPSA) is 66.6 Å². The van der Waals surface area contributed by atoms with Gasteiger partial charge >= 0.3 is 0 Å². The van der Waals surface area contributed by atoms with E-state index in [0.29, 0.717) is 38.5 Å². The Morgan fingerprint density at radius 2 is 1.80 bits per heavy atom. The van der Waals surface area contributed by atoms with Crippen molar-refractivity contribution < 1.29 is 9.59 Å². The molecule has 2 aromatic rings. The van der Waals surface area contributed by atoms with Crippen molar-refractivity contribution in [3.8, 4) is 0 Å². The lowest BCUT2D eigenvalue weighted by molar-refractivity contribution is 0.00882. The quantitative estimate of drug-likeness (QED) is 0.631. The van der Waals surface area contributed by atoms with Gasteiger partial charge in [-0.2, -0.15) is 0 Å². The molecule has 0 aliphatic carbocycles. The van der Waals surface area contributed by atoms with E-state index in [-0.39, 0.29) is 17.9 Å². The highest BCUT2D eigenvalue weighted by molar-refractivity contribution is 6.37. The number of anilines is 1. The molecule has 0 aromatic heterocycles. The summed E-state index contributed by atoms with van der Waals surface area (Å²) in [5.41, 5.74) is 7.53. The summed E-state index contributed by atoms with van der Waals surface area (Å²) in [5, 5.41) is 1.67. The molecule has 2 bridgehead atoms. The molecule has 0 unspecified atom stereocenters. The van der Waals surface area contributed by atoms with Gasteiger partial charge in [-0.25, -0.2) is 0 Å². The highest BCUT2D eigenvalue weighted by atomic mass is 35.5. The summed E-state index contributed by atoms with van der Waals surface area (Å²) >= 11 is 6.26. The number of rotatable bonds is 1. The van der Waals surface area contributed by atoms with Crippen LogP contribution in [0.25, 0.3) is 10.8 Å². The number of fused-ring (bicyclic) bond motifs is 3. The minimum Gasteiger partial charge on any atom is -0.397 e. The number of hydrogen-bond acceptors (Lipinski definition) is 4.